The summed E-state index contributed by atoms with van der Waals surface area (Å²) in [5.41, 5.74) is 1.59. The van der Waals surface area contributed by atoms with Crippen molar-refractivity contribution in [2.75, 3.05) is 52.9 Å². The SMILES string of the molecule is CN1CCN(CC2(O)CCN(Cc3ccc(OCc4ccccn4)cc3)C2)CC1. The molecule has 2 aliphatic rings. The van der Waals surface area contributed by atoms with Crippen molar-refractivity contribution >= 4 is 0 Å². The Morgan fingerprint density at radius 1 is 1.00 bits per heavy atom. The first kappa shape index (κ1) is 20.3. The number of aliphatic hydroxyl groups is 1. The van der Waals surface area contributed by atoms with E-state index >= 15 is 0 Å². The molecule has 2 aromatic rings. The van der Waals surface area contributed by atoms with E-state index in [1.54, 1.807) is 6.20 Å². The van der Waals surface area contributed by atoms with E-state index in [1.165, 1.54) is 5.56 Å². The van der Waals surface area contributed by atoms with Crippen LogP contribution in [0, 0.1) is 0 Å². The second-order valence-corrected chi connectivity index (χ2v) is 8.52. The van der Waals surface area contributed by atoms with Crippen LogP contribution in [0.5, 0.6) is 5.75 Å². The highest BCUT2D eigenvalue weighted by Gasteiger charge is 2.37. The maximum Gasteiger partial charge on any atom is 0.130 e. The maximum atomic E-state index is 11.1. The third-order valence-corrected chi connectivity index (χ3v) is 5.97. The number of likely N-dealkylation sites (tertiary alicyclic amines) is 1. The van der Waals surface area contributed by atoms with Crippen LogP contribution in [0.15, 0.2) is 48.7 Å². The molecule has 4 rings (SSSR count). The fourth-order valence-electron chi connectivity index (χ4n) is 4.22. The molecule has 2 saturated heterocycles. The highest BCUT2D eigenvalue weighted by molar-refractivity contribution is 5.27. The average molecular weight is 397 g/mol. The van der Waals surface area contributed by atoms with Crippen LogP contribution in [0.1, 0.15) is 17.7 Å². The molecule has 2 aliphatic heterocycles. The van der Waals surface area contributed by atoms with Gasteiger partial charge in [0, 0.05) is 58.6 Å². The Balaban J connectivity index is 1.24. The molecular formula is C23H32N4O2. The summed E-state index contributed by atoms with van der Waals surface area (Å²) in [7, 11) is 2.16. The van der Waals surface area contributed by atoms with Gasteiger partial charge < -0.3 is 14.7 Å². The van der Waals surface area contributed by atoms with Gasteiger partial charge in [-0.2, -0.15) is 0 Å². The highest BCUT2D eigenvalue weighted by atomic mass is 16.5. The monoisotopic (exact) mass is 396 g/mol. The Kier molecular flexibility index (Phi) is 6.45. The minimum atomic E-state index is -0.582. The van der Waals surface area contributed by atoms with Crippen LogP contribution in [0.3, 0.4) is 0 Å². The van der Waals surface area contributed by atoms with Crippen LogP contribution in [0.25, 0.3) is 0 Å². The number of benzene rings is 1. The summed E-state index contributed by atoms with van der Waals surface area (Å²) in [6.07, 6.45) is 2.63. The van der Waals surface area contributed by atoms with Gasteiger partial charge in [-0.15, -0.1) is 0 Å². The molecular weight excluding hydrogens is 364 g/mol. The summed E-state index contributed by atoms with van der Waals surface area (Å²) in [6.45, 7) is 8.12. The number of ether oxygens (including phenoxy) is 1. The normalized spacial score (nSPS) is 24.1. The molecule has 0 spiro atoms. The van der Waals surface area contributed by atoms with Crippen molar-refractivity contribution in [1.82, 2.24) is 19.7 Å². The van der Waals surface area contributed by atoms with E-state index < -0.39 is 5.60 Å². The Labute approximate surface area is 173 Å². The number of hydrogen-bond donors (Lipinski definition) is 1. The number of aromatic nitrogens is 1. The van der Waals surface area contributed by atoms with E-state index in [0.29, 0.717) is 6.61 Å². The van der Waals surface area contributed by atoms with Gasteiger partial charge in [0.2, 0.25) is 0 Å². The zero-order valence-electron chi connectivity index (χ0n) is 17.3. The molecule has 29 heavy (non-hydrogen) atoms. The lowest BCUT2D eigenvalue weighted by Crippen LogP contribution is -2.51. The number of nitrogens with zero attached hydrogens (tertiary/aromatic N) is 4. The predicted molar refractivity (Wildman–Crippen MR) is 114 cm³/mol. The zero-order valence-corrected chi connectivity index (χ0v) is 17.3. The summed E-state index contributed by atoms with van der Waals surface area (Å²) in [4.78, 5) is 11.4. The van der Waals surface area contributed by atoms with Crippen molar-refractivity contribution in [2.45, 2.75) is 25.2 Å². The molecule has 1 N–H and O–H groups in total. The fraction of sp³-hybridized carbons (Fsp3) is 0.522. The summed E-state index contributed by atoms with van der Waals surface area (Å²) in [5, 5.41) is 11.1. The van der Waals surface area contributed by atoms with Crippen LogP contribution < -0.4 is 4.74 Å². The van der Waals surface area contributed by atoms with Crippen LogP contribution in [-0.4, -0.2) is 83.3 Å². The predicted octanol–water partition coefficient (Wildman–Crippen LogP) is 1.84. The first-order valence-corrected chi connectivity index (χ1v) is 10.6. The molecule has 6 heteroatoms. The molecule has 6 nitrogen and oxygen atoms in total. The Morgan fingerprint density at radius 2 is 1.79 bits per heavy atom. The first-order chi connectivity index (χ1) is 14.1. The van der Waals surface area contributed by atoms with Crippen molar-refractivity contribution in [3.63, 3.8) is 0 Å². The summed E-state index contributed by atoms with van der Waals surface area (Å²) < 4.78 is 5.82. The van der Waals surface area contributed by atoms with Crippen molar-refractivity contribution in [1.29, 1.82) is 0 Å². The van der Waals surface area contributed by atoms with Crippen LogP contribution in [-0.2, 0) is 13.2 Å². The number of β-amino-alcohol motifs (C(OH)–C–C–N with tert-alkyl or cyclic N) is 1. The molecule has 1 unspecified atom stereocenters. The van der Waals surface area contributed by atoms with Gasteiger partial charge in [-0.25, -0.2) is 0 Å². The standard InChI is InChI=1S/C23H32N4O2/c1-25-12-14-26(15-13-25)18-23(28)9-11-27(19-23)16-20-5-7-22(8-6-20)29-17-21-4-2-3-10-24-21/h2-8,10,28H,9,11-19H2,1H3. The smallest absolute Gasteiger partial charge is 0.130 e. The second kappa shape index (κ2) is 9.22. The summed E-state index contributed by atoms with van der Waals surface area (Å²) in [5.74, 6) is 0.854. The maximum absolute atomic E-state index is 11.1. The van der Waals surface area contributed by atoms with Gasteiger partial charge in [-0.05, 0) is 43.3 Å². The molecule has 0 aliphatic carbocycles. The topological polar surface area (TPSA) is 52.1 Å². The van der Waals surface area contributed by atoms with Crippen LogP contribution >= 0.6 is 0 Å². The van der Waals surface area contributed by atoms with E-state index in [1.807, 2.05) is 30.3 Å². The van der Waals surface area contributed by atoms with Crippen molar-refractivity contribution in [2.24, 2.45) is 0 Å². The first-order valence-electron chi connectivity index (χ1n) is 10.6. The van der Waals surface area contributed by atoms with E-state index in [2.05, 4.69) is 38.9 Å². The van der Waals surface area contributed by atoms with Crippen molar-refractivity contribution < 1.29 is 9.84 Å². The third-order valence-electron chi connectivity index (χ3n) is 5.97. The number of rotatable bonds is 7. The molecule has 0 radical (unpaired) electrons. The van der Waals surface area contributed by atoms with Gasteiger partial charge in [0.1, 0.15) is 12.4 Å². The van der Waals surface area contributed by atoms with Gasteiger partial charge in [0.15, 0.2) is 0 Å². The molecule has 1 atom stereocenters. The van der Waals surface area contributed by atoms with E-state index in [9.17, 15) is 5.11 Å². The van der Waals surface area contributed by atoms with Gasteiger partial charge in [0.05, 0.1) is 11.3 Å². The lowest BCUT2D eigenvalue weighted by molar-refractivity contribution is -0.000370. The Hall–Kier alpha value is -1.99. The molecule has 1 aromatic carbocycles. The Morgan fingerprint density at radius 3 is 2.52 bits per heavy atom. The minimum Gasteiger partial charge on any atom is -0.487 e. The van der Waals surface area contributed by atoms with Crippen LogP contribution in [0.4, 0.5) is 0 Å². The molecule has 1 aromatic heterocycles. The number of likely N-dealkylation sites (N-methyl/N-ethyl adjacent to an activating group) is 1. The second-order valence-electron chi connectivity index (χ2n) is 8.52. The lowest BCUT2D eigenvalue weighted by atomic mass is 10.0. The highest BCUT2D eigenvalue weighted by Crippen LogP contribution is 2.25. The fourth-order valence-corrected chi connectivity index (χ4v) is 4.22. The number of piperazine rings is 1. The molecule has 0 amide bonds. The van der Waals surface area contributed by atoms with Gasteiger partial charge in [0.25, 0.3) is 0 Å². The number of hydrogen-bond acceptors (Lipinski definition) is 6. The Bertz CT molecular complexity index is 762. The largest absolute Gasteiger partial charge is 0.487 e. The molecule has 3 heterocycles. The minimum absolute atomic E-state index is 0.478. The quantitative estimate of drug-likeness (QED) is 0.771. The van der Waals surface area contributed by atoms with Crippen molar-refractivity contribution in [3.8, 4) is 5.75 Å². The van der Waals surface area contributed by atoms with Crippen LogP contribution in [0.2, 0.25) is 0 Å². The van der Waals surface area contributed by atoms with Crippen molar-refractivity contribution in [3.05, 3.63) is 59.9 Å². The summed E-state index contributed by atoms with van der Waals surface area (Å²) in [6, 6.07) is 14.1. The molecule has 2 fully saturated rings. The molecule has 0 saturated carbocycles. The number of pyridine rings is 1. The van der Waals surface area contributed by atoms with E-state index in [4.69, 9.17) is 4.74 Å². The average Bonchev–Trinajstić information content (AvgIpc) is 3.10. The lowest BCUT2D eigenvalue weighted by Gasteiger charge is -2.36. The van der Waals surface area contributed by atoms with Gasteiger partial charge in [-0.1, -0.05) is 18.2 Å². The van der Waals surface area contributed by atoms with Gasteiger partial charge >= 0.3 is 0 Å². The van der Waals surface area contributed by atoms with E-state index in [0.717, 1.165) is 70.2 Å². The van der Waals surface area contributed by atoms with E-state index in [-0.39, 0.29) is 0 Å². The summed E-state index contributed by atoms with van der Waals surface area (Å²) >= 11 is 0. The van der Waals surface area contributed by atoms with Gasteiger partial charge in [-0.3, -0.25) is 14.8 Å². The third kappa shape index (κ3) is 5.76. The molecule has 156 valence electrons. The zero-order chi connectivity index (χ0) is 20.1. The molecule has 0 bridgehead atoms.